The first-order valence-corrected chi connectivity index (χ1v) is 9.68. The predicted molar refractivity (Wildman–Crippen MR) is 104 cm³/mol. The van der Waals surface area contributed by atoms with Crippen LogP contribution in [-0.2, 0) is 10.1 Å². The smallest absolute Gasteiger partial charge is 0.339 e. The van der Waals surface area contributed by atoms with Gasteiger partial charge in [0.15, 0.2) is 17.2 Å². The van der Waals surface area contributed by atoms with E-state index in [4.69, 9.17) is 13.7 Å². The summed E-state index contributed by atoms with van der Waals surface area (Å²) in [6.07, 6.45) is 0. The van der Waals surface area contributed by atoms with Crippen molar-refractivity contribution >= 4 is 10.1 Å². The van der Waals surface area contributed by atoms with Gasteiger partial charge in [-0.25, -0.2) is 0 Å². The fourth-order valence-corrected chi connectivity index (χ4v) is 3.97. The highest BCUT2D eigenvalue weighted by atomic mass is 32.2. The lowest BCUT2D eigenvalue weighted by molar-refractivity contribution is 0.353. The number of hydrogen-bond acceptors (Lipinski definition) is 5. The predicted octanol–water partition coefficient (Wildman–Crippen LogP) is 4.45. The molecule has 0 saturated heterocycles. The average Bonchev–Trinajstić information content (AvgIpc) is 2.68. The Kier molecular flexibility index (Phi) is 5.37. The van der Waals surface area contributed by atoms with Crippen LogP contribution >= 0.6 is 0 Å². The van der Waals surface area contributed by atoms with E-state index in [9.17, 15) is 8.42 Å². The summed E-state index contributed by atoms with van der Waals surface area (Å²) >= 11 is 0. The second kappa shape index (κ2) is 7.72. The largest absolute Gasteiger partial charge is 0.493 e. The molecule has 0 amide bonds. The summed E-state index contributed by atoms with van der Waals surface area (Å²) < 4.78 is 41.9. The molecule has 0 saturated carbocycles. The van der Waals surface area contributed by atoms with Crippen LogP contribution in [-0.4, -0.2) is 22.6 Å². The van der Waals surface area contributed by atoms with Gasteiger partial charge in [0, 0.05) is 11.6 Å². The van der Waals surface area contributed by atoms with Gasteiger partial charge in [0.25, 0.3) is 0 Å². The molecule has 6 heteroatoms. The van der Waals surface area contributed by atoms with Gasteiger partial charge in [-0.3, -0.25) is 0 Å². The van der Waals surface area contributed by atoms with Crippen molar-refractivity contribution in [2.24, 2.45) is 0 Å². The number of aryl methyl sites for hydroxylation is 1. The van der Waals surface area contributed by atoms with Crippen LogP contribution in [0.2, 0.25) is 0 Å². The quantitative estimate of drug-likeness (QED) is 0.588. The Labute approximate surface area is 159 Å². The van der Waals surface area contributed by atoms with Gasteiger partial charge in [-0.05, 0) is 30.2 Å². The van der Waals surface area contributed by atoms with Crippen LogP contribution in [0.15, 0.2) is 71.6 Å². The van der Waals surface area contributed by atoms with Crippen LogP contribution in [0.1, 0.15) is 5.56 Å². The first kappa shape index (κ1) is 18.8. The van der Waals surface area contributed by atoms with Gasteiger partial charge < -0.3 is 13.7 Å². The molecule has 0 aliphatic heterocycles. The summed E-state index contributed by atoms with van der Waals surface area (Å²) in [5, 5.41) is 0. The molecule has 140 valence electrons. The Balaban J connectivity index is 2.04. The minimum Gasteiger partial charge on any atom is -0.493 e. The highest BCUT2D eigenvalue weighted by Gasteiger charge is 2.23. The Hall–Kier alpha value is -2.99. The molecule has 0 aliphatic rings. The second-order valence-electron chi connectivity index (χ2n) is 5.87. The van der Waals surface area contributed by atoms with Gasteiger partial charge >= 0.3 is 10.1 Å². The van der Waals surface area contributed by atoms with Gasteiger partial charge in [0.05, 0.1) is 14.2 Å². The van der Waals surface area contributed by atoms with Gasteiger partial charge in [-0.2, -0.15) is 8.42 Å². The van der Waals surface area contributed by atoms with E-state index < -0.39 is 10.1 Å². The molecule has 0 bridgehead atoms. The average molecular weight is 384 g/mol. The number of rotatable bonds is 6. The number of para-hydroxylation sites is 1. The van der Waals surface area contributed by atoms with Crippen molar-refractivity contribution in [2.45, 2.75) is 11.8 Å². The zero-order chi connectivity index (χ0) is 19.4. The molecule has 0 heterocycles. The molecular formula is C21H20O5S. The van der Waals surface area contributed by atoms with Gasteiger partial charge in [-0.1, -0.05) is 48.5 Å². The van der Waals surface area contributed by atoms with E-state index in [2.05, 4.69) is 0 Å². The molecule has 3 aromatic carbocycles. The lowest BCUT2D eigenvalue weighted by Gasteiger charge is -2.15. The monoisotopic (exact) mass is 384 g/mol. The molecule has 0 N–H and O–H groups in total. The molecule has 0 fully saturated rings. The van der Waals surface area contributed by atoms with Crippen LogP contribution < -0.4 is 13.7 Å². The summed E-state index contributed by atoms with van der Waals surface area (Å²) in [5.41, 5.74) is 2.07. The standard InChI is InChI=1S/C21H20O5S/c1-15-13-19(24-2)20(25-3)14-21(15)27(22,23)26-18-12-8-7-11-17(18)16-9-5-4-6-10-16/h4-14H,1-3H3. The summed E-state index contributed by atoms with van der Waals surface area (Å²) in [4.78, 5) is 0.0306. The van der Waals surface area contributed by atoms with E-state index in [0.717, 1.165) is 5.56 Å². The molecule has 3 aromatic rings. The van der Waals surface area contributed by atoms with Crippen molar-refractivity contribution < 1.29 is 22.1 Å². The Morgan fingerprint density at radius 3 is 2.00 bits per heavy atom. The summed E-state index contributed by atoms with van der Waals surface area (Å²) in [7, 11) is -1.12. The number of benzene rings is 3. The SMILES string of the molecule is COc1cc(C)c(S(=O)(=O)Oc2ccccc2-c2ccccc2)cc1OC. The topological polar surface area (TPSA) is 61.8 Å². The maximum atomic E-state index is 13.0. The van der Waals surface area contributed by atoms with Crippen LogP contribution in [0.25, 0.3) is 11.1 Å². The molecule has 0 unspecified atom stereocenters. The minimum absolute atomic E-state index is 0.0306. The first-order valence-electron chi connectivity index (χ1n) is 8.28. The highest BCUT2D eigenvalue weighted by Crippen LogP contribution is 2.35. The third-order valence-electron chi connectivity index (χ3n) is 4.12. The molecule has 0 spiro atoms. The second-order valence-corrected chi connectivity index (χ2v) is 7.39. The van der Waals surface area contributed by atoms with E-state index in [1.54, 1.807) is 25.1 Å². The molecule has 3 rings (SSSR count). The van der Waals surface area contributed by atoms with Gasteiger partial charge in [0.1, 0.15) is 4.90 Å². The first-order chi connectivity index (χ1) is 13.0. The lowest BCUT2D eigenvalue weighted by atomic mass is 10.1. The molecule has 0 atom stereocenters. The zero-order valence-corrected chi connectivity index (χ0v) is 16.1. The maximum Gasteiger partial charge on any atom is 0.339 e. The van der Waals surface area contributed by atoms with Crippen LogP contribution in [0.5, 0.6) is 17.2 Å². The fraction of sp³-hybridized carbons (Fsp3) is 0.143. The van der Waals surface area contributed by atoms with Crippen molar-refractivity contribution in [1.82, 2.24) is 0 Å². The zero-order valence-electron chi connectivity index (χ0n) is 15.3. The fourth-order valence-electron chi connectivity index (χ4n) is 2.79. The molecule has 0 radical (unpaired) electrons. The van der Waals surface area contributed by atoms with Gasteiger partial charge in [0.2, 0.25) is 0 Å². The van der Waals surface area contributed by atoms with E-state index in [1.807, 2.05) is 42.5 Å². The normalized spacial score (nSPS) is 11.1. The maximum absolute atomic E-state index is 13.0. The molecule has 0 aromatic heterocycles. The van der Waals surface area contributed by atoms with Crippen LogP contribution in [0.3, 0.4) is 0 Å². The van der Waals surface area contributed by atoms with Crippen LogP contribution in [0, 0.1) is 6.92 Å². The van der Waals surface area contributed by atoms with Crippen molar-refractivity contribution in [1.29, 1.82) is 0 Å². The lowest BCUT2D eigenvalue weighted by Crippen LogP contribution is -2.12. The highest BCUT2D eigenvalue weighted by molar-refractivity contribution is 7.87. The van der Waals surface area contributed by atoms with E-state index in [0.29, 0.717) is 22.6 Å². The van der Waals surface area contributed by atoms with E-state index in [-0.39, 0.29) is 10.6 Å². The van der Waals surface area contributed by atoms with Crippen molar-refractivity contribution in [2.75, 3.05) is 14.2 Å². The third kappa shape index (κ3) is 3.90. The number of methoxy groups -OCH3 is 2. The summed E-state index contributed by atoms with van der Waals surface area (Å²) in [6.45, 7) is 1.68. The van der Waals surface area contributed by atoms with Gasteiger partial charge in [-0.15, -0.1) is 0 Å². The van der Waals surface area contributed by atoms with E-state index >= 15 is 0 Å². The third-order valence-corrected chi connectivity index (χ3v) is 5.50. The molecule has 0 aliphatic carbocycles. The number of hydrogen-bond donors (Lipinski definition) is 0. The number of ether oxygens (including phenoxy) is 2. The van der Waals surface area contributed by atoms with E-state index in [1.165, 1.54) is 20.3 Å². The Bertz CT molecular complexity index is 1040. The Morgan fingerprint density at radius 1 is 0.741 bits per heavy atom. The minimum atomic E-state index is -4.07. The van der Waals surface area contributed by atoms with Crippen molar-refractivity contribution in [3.8, 4) is 28.4 Å². The van der Waals surface area contributed by atoms with Crippen molar-refractivity contribution in [3.63, 3.8) is 0 Å². The summed E-state index contributed by atoms with van der Waals surface area (Å²) in [5.74, 6) is 1.04. The summed E-state index contributed by atoms with van der Waals surface area (Å²) in [6, 6.07) is 19.5. The van der Waals surface area contributed by atoms with Crippen molar-refractivity contribution in [3.05, 3.63) is 72.3 Å². The molecular weight excluding hydrogens is 364 g/mol. The molecule has 5 nitrogen and oxygen atoms in total. The van der Waals surface area contributed by atoms with Crippen LogP contribution in [0.4, 0.5) is 0 Å². The Morgan fingerprint density at radius 2 is 1.33 bits per heavy atom. The molecule has 27 heavy (non-hydrogen) atoms.